The number of carboxylic acids is 1. The summed E-state index contributed by atoms with van der Waals surface area (Å²) < 4.78 is 0.713. The molecule has 1 N–H and O–H groups in total. The van der Waals surface area contributed by atoms with E-state index in [0.717, 1.165) is 18.2 Å². The van der Waals surface area contributed by atoms with Crippen molar-refractivity contribution >= 4 is 34.2 Å². The van der Waals surface area contributed by atoms with Gasteiger partial charge in [0.15, 0.2) is 4.34 Å². The molecule has 5 nitrogen and oxygen atoms in total. The van der Waals surface area contributed by atoms with Crippen molar-refractivity contribution in [1.82, 2.24) is 10.2 Å². The Hall–Kier alpha value is -0.820. The summed E-state index contributed by atoms with van der Waals surface area (Å²) in [7, 11) is 0. The van der Waals surface area contributed by atoms with Gasteiger partial charge in [-0.2, -0.15) is 0 Å². The summed E-state index contributed by atoms with van der Waals surface area (Å²) in [6.45, 7) is 8.21. The van der Waals surface area contributed by atoms with Gasteiger partial charge in [-0.15, -0.1) is 10.2 Å². The van der Waals surface area contributed by atoms with Crippen LogP contribution < -0.4 is 4.90 Å². The molecular formula is C10H17N3O2S2. The standard InChI is InChI=1S/C10H17N3O2S2/c1-4-13(5-7(2)3)9-11-12-10(17-9)16-6-8(14)15/h7H,4-6H2,1-3H3,(H,14,15). The lowest BCUT2D eigenvalue weighted by Gasteiger charge is -2.20. The number of anilines is 1. The van der Waals surface area contributed by atoms with Crippen LogP contribution >= 0.6 is 23.1 Å². The number of hydrogen-bond acceptors (Lipinski definition) is 6. The Morgan fingerprint density at radius 1 is 1.53 bits per heavy atom. The van der Waals surface area contributed by atoms with Crippen molar-refractivity contribution in [3.05, 3.63) is 0 Å². The van der Waals surface area contributed by atoms with Crippen molar-refractivity contribution in [2.24, 2.45) is 5.92 Å². The van der Waals surface area contributed by atoms with Gasteiger partial charge in [0, 0.05) is 13.1 Å². The van der Waals surface area contributed by atoms with Gasteiger partial charge in [-0.1, -0.05) is 36.9 Å². The Morgan fingerprint density at radius 2 is 2.24 bits per heavy atom. The quantitative estimate of drug-likeness (QED) is 0.770. The molecule has 0 amide bonds. The second-order valence-corrected chi connectivity index (χ2v) is 6.14. The number of carboxylic acid groups (broad SMARTS) is 1. The molecule has 0 aromatic carbocycles. The summed E-state index contributed by atoms with van der Waals surface area (Å²) in [5.74, 6) is -0.236. The molecule has 96 valence electrons. The highest BCUT2D eigenvalue weighted by Gasteiger charge is 2.13. The van der Waals surface area contributed by atoms with E-state index in [9.17, 15) is 4.79 Å². The first-order valence-electron chi connectivity index (χ1n) is 5.46. The highest BCUT2D eigenvalue weighted by molar-refractivity contribution is 8.01. The lowest BCUT2D eigenvalue weighted by Crippen LogP contribution is -2.26. The first kappa shape index (κ1) is 14.2. The minimum Gasteiger partial charge on any atom is -0.481 e. The summed E-state index contributed by atoms with van der Waals surface area (Å²) in [6.07, 6.45) is 0. The number of rotatable bonds is 7. The Kier molecular flexibility index (Phi) is 5.70. The molecule has 0 saturated carbocycles. The Bertz CT molecular complexity index is 368. The van der Waals surface area contributed by atoms with Gasteiger partial charge in [-0.05, 0) is 12.8 Å². The number of thioether (sulfide) groups is 1. The molecule has 1 rings (SSSR count). The lowest BCUT2D eigenvalue weighted by atomic mass is 10.2. The Morgan fingerprint density at radius 3 is 2.76 bits per heavy atom. The number of carbonyl (C=O) groups is 1. The minimum atomic E-state index is -0.832. The van der Waals surface area contributed by atoms with Gasteiger partial charge in [-0.3, -0.25) is 4.79 Å². The normalized spacial score (nSPS) is 10.8. The zero-order valence-corrected chi connectivity index (χ0v) is 11.8. The molecule has 17 heavy (non-hydrogen) atoms. The summed E-state index contributed by atoms with van der Waals surface area (Å²) >= 11 is 2.67. The maximum Gasteiger partial charge on any atom is 0.313 e. The third kappa shape index (κ3) is 4.91. The van der Waals surface area contributed by atoms with Gasteiger partial charge in [0.2, 0.25) is 5.13 Å². The van der Waals surface area contributed by atoms with Crippen molar-refractivity contribution < 1.29 is 9.90 Å². The van der Waals surface area contributed by atoms with Crippen LogP contribution in [-0.4, -0.2) is 40.1 Å². The molecule has 0 aliphatic heterocycles. The molecule has 0 bridgehead atoms. The Labute approximate surface area is 109 Å². The van der Waals surface area contributed by atoms with Crippen LogP contribution in [0, 0.1) is 5.92 Å². The van der Waals surface area contributed by atoms with Crippen LogP contribution in [-0.2, 0) is 4.79 Å². The van der Waals surface area contributed by atoms with Crippen molar-refractivity contribution in [2.75, 3.05) is 23.7 Å². The molecule has 7 heteroatoms. The van der Waals surface area contributed by atoms with Crippen LogP contribution in [0.1, 0.15) is 20.8 Å². The Balaban J connectivity index is 2.61. The van der Waals surface area contributed by atoms with E-state index >= 15 is 0 Å². The van der Waals surface area contributed by atoms with Gasteiger partial charge in [-0.25, -0.2) is 0 Å². The molecule has 0 spiro atoms. The van der Waals surface area contributed by atoms with E-state index in [2.05, 4.69) is 35.9 Å². The number of aromatic nitrogens is 2. The third-order valence-corrected chi connectivity index (χ3v) is 4.05. The van der Waals surface area contributed by atoms with Crippen LogP contribution in [0.4, 0.5) is 5.13 Å². The van der Waals surface area contributed by atoms with Crippen molar-refractivity contribution in [3.8, 4) is 0 Å². The van der Waals surface area contributed by atoms with Crippen molar-refractivity contribution in [2.45, 2.75) is 25.1 Å². The van der Waals surface area contributed by atoms with E-state index in [-0.39, 0.29) is 5.75 Å². The average molecular weight is 275 g/mol. The fourth-order valence-electron chi connectivity index (χ4n) is 1.30. The van der Waals surface area contributed by atoms with Crippen LogP contribution in [0.5, 0.6) is 0 Å². The van der Waals surface area contributed by atoms with Gasteiger partial charge in [0.25, 0.3) is 0 Å². The second kappa shape index (κ2) is 6.80. The van der Waals surface area contributed by atoms with Crippen LogP contribution in [0.2, 0.25) is 0 Å². The van der Waals surface area contributed by atoms with Crippen LogP contribution in [0.25, 0.3) is 0 Å². The summed E-state index contributed by atoms with van der Waals surface area (Å²) in [6, 6.07) is 0. The smallest absolute Gasteiger partial charge is 0.313 e. The minimum absolute atomic E-state index is 0.0327. The first-order chi connectivity index (χ1) is 8.02. The van der Waals surface area contributed by atoms with Gasteiger partial charge in [0.05, 0.1) is 5.75 Å². The zero-order chi connectivity index (χ0) is 12.8. The van der Waals surface area contributed by atoms with Gasteiger partial charge in [0.1, 0.15) is 0 Å². The largest absolute Gasteiger partial charge is 0.481 e. The van der Waals surface area contributed by atoms with E-state index in [1.165, 1.54) is 23.1 Å². The fraction of sp³-hybridized carbons (Fsp3) is 0.700. The topological polar surface area (TPSA) is 66.3 Å². The number of nitrogens with zero attached hydrogens (tertiary/aromatic N) is 3. The summed E-state index contributed by atoms with van der Waals surface area (Å²) in [4.78, 5) is 12.6. The van der Waals surface area contributed by atoms with E-state index in [1.54, 1.807) is 0 Å². The molecule has 0 fully saturated rings. The molecule has 0 atom stereocenters. The van der Waals surface area contributed by atoms with Gasteiger partial charge >= 0.3 is 5.97 Å². The predicted octanol–water partition coefficient (Wildman–Crippen LogP) is 2.20. The highest BCUT2D eigenvalue weighted by Crippen LogP contribution is 2.28. The van der Waals surface area contributed by atoms with Crippen LogP contribution in [0.3, 0.4) is 0 Å². The predicted molar refractivity (Wildman–Crippen MR) is 71.0 cm³/mol. The molecule has 0 aliphatic rings. The van der Waals surface area contributed by atoms with Gasteiger partial charge < -0.3 is 10.0 Å². The van der Waals surface area contributed by atoms with E-state index in [4.69, 9.17) is 5.11 Å². The molecule has 0 saturated heterocycles. The molecule has 0 unspecified atom stereocenters. The molecule has 1 aromatic heterocycles. The van der Waals surface area contributed by atoms with Crippen LogP contribution in [0.15, 0.2) is 4.34 Å². The summed E-state index contributed by atoms with van der Waals surface area (Å²) in [5, 5.41) is 17.5. The zero-order valence-electron chi connectivity index (χ0n) is 10.2. The third-order valence-electron chi connectivity index (χ3n) is 1.95. The first-order valence-corrected chi connectivity index (χ1v) is 7.26. The monoisotopic (exact) mass is 275 g/mol. The molecule has 0 aliphatic carbocycles. The molecule has 0 radical (unpaired) electrons. The summed E-state index contributed by atoms with van der Waals surface area (Å²) in [5.41, 5.74) is 0. The molecule has 1 aromatic rings. The maximum atomic E-state index is 10.4. The molecule has 1 heterocycles. The van der Waals surface area contributed by atoms with E-state index in [0.29, 0.717) is 10.3 Å². The van der Waals surface area contributed by atoms with Crippen molar-refractivity contribution in [3.63, 3.8) is 0 Å². The van der Waals surface area contributed by atoms with E-state index < -0.39 is 5.97 Å². The number of aliphatic carboxylic acids is 1. The SMILES string of the molecule is CCN(CC(C)C)c1nnc(SCC(=O)O)s1. The second-order valence-electron chi connectivity index (χ2n) is 3.97. The average Bonchev–Trinajstić information content (AvgIpc) is 2.71. The highest BCUT2D eigenvalue weighted by atomic mass is 32.2. The lowest BCUT2D eigenvalue weighted by molar-refractivity contribution is -0.133. The molecular weight excluding hydrogens is 258 g/mol. The maximum absolute atomic E-state index is 10.4. The van der Waals surface area contributed by atoms with Crippen molar-refractivity contribution in [1.29, 1.82) is 0 Å². The van der Waals surface area contributed by atoms with E-state index in [1.807, 2.05) is 0 Å². The number of hydrogen-bond donors (Lipinski definition) is 1. The fourth-order valence-corrected chi connectivity index (χ4v) is 2.93.